The number of unbranched alkanes of at least 4 members (excludes halogenated alkanes) is 1. The van der Waals surface area contributed by atoms with Gasteiger partial charge in [-0.1, -0.05) is 19.4 Å². The Morgan fingerprint density at radius 3 is 3.00 bits per heavy atom. The predicted octanol–water partition coefficient (Wildman–Crippen LogP) is 3.49. The number of carboxylic acids is 1. The molecule has 1 heterocycles. The molecule has 0 bridgehead atoms. The van der Waals surface area contributed by atoms with E-state index in [9.17, 15) is 4.79 Å². The minimum Gasteiger partial charge on any atom is -0.479 e. The Kier molecular flexibility index (Phi) is 4.37. The number of ether oxygens (including phenoxy) is 1. The maximum atomic E-state index is 10.8. The molecule has 1 aromatic carbocycles. The van der Waals surface area contributed by atoms with Crippen LogP contribution in [-0.4, -0.2) is 22.2 Å². The van der Waals surface area contributed by atoms with Crippen molar-refractivity contribution in [3.8, 4) is 5.75 Å². The van der Waals surface area contributed by atoms with Gasteiger partial charge in [-0.3, -0.25) is 0 Å². The minimum absolute atomic E-state index is 0.548. The molecule has 5 heteroatoms. The fourth-order valence-corrected chi connectivity index (χ4v) is 2.77. The third kappa shape index (κ3) is 3.23. The average Bonchev–Trinajstić information content (AvgIpc) is 2.80. The maximum absolute atomic E-state index is 10.8. The van der Waals surface area contributed by atoms with Crippen molar-refractivity contribution in [2.75, 3.05) is 0 Å². The summed E-state index contributed by atoms with van der Waals surface area (Å²) in [5.74, 6) is -0.426. The van der Waals surface area contributed by atoms with Crippen LogP contribution < -0.4 is 4.74 Å². The lowest BCUT2D eigenvalue weighted by Crippen LogP contribution is -2.22. The van der Waals surface area contributed by atoms with Gasteiger partial charge >= 0.3 is 5.97 Å². The first kappa shape index (κ1) is 13.8. The van der Waals surface area contributed by atoms with E-state index < -0.39 is 12.1 Å². The lowest BCUT2D eigenvalue weighted by Gasteiger charge is -2.10. The van der Waals surface area contributed by atoms with Gasteiger partial charge in [0.15, 0.2) is 6.10 Å². The molecule has 0 aliphatic heterocycles. The van der Waals surface area contributed by atoms with Crippen LogP contribution in [0, 0.1) is 0 Å². The number of carboxylic acid groups (broad SMARTS) is 1. The molecule has 0 saturated heterocycles. The van der Waals surface area contributed by atoms with Crippen molar-refractivity contribution >= 4 is 27.5 Å². The molecule has 1 unspecified atom stereocenters. The molecule has 4 nitrogen and oxygen atoms in total. The van der Waals surface area contributed by atoms with E-state index in [1.165, 1.54) is 6.92 Å². The van der Waals surface area contributed by atoms with Crippen molar-refractivity contribution in [2.45, 2.75) is 39.2 Å². The smallest absolute Gasteiger partial charge is 0.344 e. The molecule has 102 valence electrons. The monoisotopic (exact) mass is 279 g/mol. The highest BCUT2D eigenvalue weighted by Crippen LogP contribution is 2.31. The van der Waals surface area contributed by atoms with Gasteiger partial charge in [-0.15, -0.1) is 11.3 Å². The summed E-state index contributed by atoms with van der Waals surface area (Å²) < 4.78 is 6.49. The first-order valence-corrected chi connectivity index (χ1v) is 7.21. The van der Waals surface area contributed by atoms with E-state index in [2.05, 4.69) is 11.9 Å². The summed E-state index contributed by atoms with van der Waals surface area (Å²) in [5.41, 5.74) is 0.770. The number of hydrogen-bond acceptors (Lipinski definition) is 4. The number of rotatable bonds is 6. The lowest BCUT2D eigenvalue weighted by molar-refractivity contribution is -0.144. The molecule has 1 N–H and O–H groups in total. The van der Waals surface area contributed by atoms with E-state index in [4.69, 9.17) is 9.84 Å². The largest absolute Gasteiger partial charge is 0.479 e. The molecule has 1 atom stereocenters. The quantitative estimate of drug-likeness (QED) is 0.879. The van der Waals surface area contributed by atoms with E-state index in [-0.39, 0.29) is 0 Å². The molecule has 0 aliphatic rings. The van der Waals surface area contributed by atoms with E-state index >= 15 is 0 Å². The van der Waals surface area contributed by atoms with E-state index in [1.54, 1.807) is 17.4 Å². The number of thiazole rings is 1. The molecule has 2 aromatic rings. The Morgan fingerprint density at radius 1 is 1.53 bits per heavy atom. The standard InChI is InChI=1S/C14H17NO3S/c1-3-4-8-12-15-13-10(18-9(2)14(16)17)6-5-7-11(13)19-12/h5-7,9H,3-4,8H2,1-2H3,(H,16,17). The van der Waals surface area contributed by atoms with Crippen molar-refractivity contribution in [2.24, 2.45) is 0 Å². The number of fused-ring (bicyclic) bond motifs is 1. The number of carbonyl (C=O) groups is 1. The second kappa shape index (κ2) is 6.02. The Labute approximate surface area is 116 Å². The van der Waals surface area contributed by atoms with Crippen LogP contribution in [0.5, 0.6) is 5.75 Å². The fourth-order valence-electron chi connectivity index (χ4n) is 1.74. The fraction of sp³-hybridized carbons (Fsp3) is 0.429. The summed E-state index contributed by atoms with van der Waals surface area (Å²) in [6.07, 6.45) is 2.34. The summed E-state index contributed by atoms with van der Waals surface area (Å²) in [4.78, 5) is 15.4. The Bertz CT molecular complexity index is 579. The molecule has 0 saturated carbocycles. The number of hydrogen-bond donors (Lipinski definition) is 1. The van der Waals surface area contributed by atoms with Crippen LogP contribution in [0.1, 0.15) is 31.7 Å². The van der Waals surface area contributed by atoms with Crippen molar-refractivity contribution in [3.63, 3.8) is 0 Å². The zero-order valence-corrected chi connectivity index (χ0v) is 11.9. The summed E-state index contributed by atoms with van der Waals surface area (Å²) in [7, 11) is 0. The van der Waals surface area contributed by atoms with Crippen LogP contribution >= 0.6 is 11.3 Å². The normalized spacial score (nSPS) is 12.5. The van der Waals surface area contributed by atoms with Gasteiger partial charge in [0.05, 0.1) is 9.71 Å². The van der Waals surface area contributed by atoms with Crippen LogP contribution in [0.15, 0.2) is 18.2 Å². The molecular formula is C14H17NO3S. The van der Waals surface area contributed by atoms with Crippen molar-refractivity contribution in [3.05, 3.63) is 23.2 Å². The zero-order valence-electron chi connectivity index (χ0n) is 11.0. The van der Waals surface area contributed by atoms with Gasteiger partial charge in [0.2, 0.25) is 0 Å². The minimum atomic E-state index is -0.974. The van der Waals surface area contributed by atoms with E-state index in [1.807, 2.05) is 12.1 Å². The predicted molar refractivity (Wildman–Crippen MR) is 76.0 cm³/mol. The Morgan fingerprint density at radius 2 is 2.32 bits per heavy atom. The highest BCUT2D eigenvalue weighted by atomic mass is 32.1. The van der Waals surface area contributed by atoms with Gasteiger partial charge in [0, 0.05) is 0 Å². The number of aromatic nitrogens is 1. The van der Waals surface area contributed by atoms with Crippen LogP contribution in [0.25, 0.3) is 10.2 Å². The highest BCUT2D eigenvalue weighted by Gasteiger charge is 2.16. The SMILES string of the molecule is CCCCc1nc2c(OC(C)C(=O)O)cccc2s1. The summed E-state index contributed by atoms with van der Waals surface area (Å²) in [6, 6.07) is 5.62. The lowest BCUT2D eigenvalue weighted by atomic mass is 10.2. The molecule has 0 radical (unpaired) electrons. The van der Waals surface area contributed by atoms with Gasteiger partial charge < -0.3 is 9.84 Å². The third-order valence-corrected chi connectivity index (χ3v) is 3.90. The van der Waals surface area contributed by atoms with Crippen LogP contribution in [0.2, 0.25) is 0 Å². The number of para-hydroxylation sites is 1. The number of nitrogens with zero attached hydrogens (tertiary/aromatic N) is 1. The second-order valence-electron chi connectivity index (χ2n) is 4.41. The van der Waals surface area contributed by atoms with Crippen LogP contribution in [0.3, 0.4) is 0 Å². The van der Waals surface area contributed by atoms with Gasteiger partial charge in [-0.2, -0.15) is 0 Å². The van der Waals surface area contributed by atoms with Crippen molar-refractivity contribution in [1.29, 1.82) is 0 Å². The summed E-state index contributed by atoms with van der Waals surface area (Å²) >= 11 is 1.65. The molecule has 0 amide bonds. The zero-order chi connectivity index (χ0) is 13.8. The second-order valence-corrected chi connectivity index (χ2v) is 5.53. The van der Waals surface area contributed by atoms with Gasteiger partial charge in [0.25, 0.3) is 0 Å². The van der Waals surface area contributed by atoms with Crippen LogP contribution in [0.4, 0.5) is 0 Å². The molecule has 1 aromatic heterocycles. The molecular weight excluding hydrogens is 262 g/mol. The third-order valence-electron chi connectivity index (χ3n) is 2.82. The van der Waals surface area contributed by atoms with E-state index in [0.717, 1.165) is 34.5 Å². The topological polar surface area (TPSA) is 59.4 Å². The molecule has 0 aliphatic carbocycles. The average molecular weight is 279 g/mol. The van der Waals surface area contributed by atoms with Crippen LogP contribution in [-0.2, 0) is 11.2 Å². The summed E-state index contributed by atoms with van der Waals surface area (Å²) in [6.45, 7) is 3.67. The van der Waals surface area contributed by atoms with Crippen molar-refractivity contribution in [1.82, 2.24) is 4.98 Å². The molecule has 2 rings (SSSR count). The Hall–Kier alpha value is -1.62. The summed E-state index contributed by atoms with van der Waals surface area (Å²) in [5, 5.41) is 9.97. The van der Waals surface area contributed by atoms with Gasteiger partial charge in [-0.05, 0) is 31.9 Å². The number of aryl methyl sites for hydroxylation is 1. The molecule has 0 fully saturated rings. The van der Waals surface area contributed by atoms with Gasteiger partial charge in [-0.25, -0.2) is 9.78 Å². The van der Waals surface area contributed by atoms with Gasteiger partial charge in [0.1, 0.15) is 11.3 Å². The number of benzene rings is 1. The van der Waals surface area contributed by atoms with Crippen molar-refractivity contribution < 1.29 is 14.6 Å². The Balaban J connectivity index is 2.28. The van der Waals surface area contributed by atoms with E-state index in [0.29, 0.717) is 5.75 Å². The molecule has 0 spiro atoms. The highest BCUT2D eigenvalue weighted by molar-refractivity contribution is 7.18. The number of aliphatic carboxylic acids is 1. The first-order valence-electron chi connectivity index (χ1n) is 6.39. The maximum Gasteiger partial charge on any atom is 0.344 e. The first-order chi connectivity index (χ1) is 9.11. The molecule has 19 heavy (non-hydrogen) atoms.